The summed E-state index contributed by atoms with van der Waals surface area (Å²) in [5.41, 5.74) is 4.05. The largest absolute Gasteiger partial charge is 0.394 e. The van der Waals surface area contributed by atoms with Gasteiger partial charge in [0, 0.05) is 19.6 Å². The Bertz CT molecular complexity index is 1070. The van der Waals surface area contributed by atoms with E-state index in [1.165, 1.54) is 0 Å². The molecule has 21 nitrogen and oxygen atoms in total. The van der Waals surface area contributed by atoms with E-state index < -0.39 is 123 Å². The van der Waals surface area contributed by atoms with Gasteiger partial charge >= 0.3 is 0 Å². The predicted molar refractivity (Wildman–Crippen MR) is 179 cm³/mol. The molecule has 3 aliphatic heterocycles. The van der Waals surface area contributed by atoms with Crippen LogP contribution in [0.25, 0.3) is 0 Å². The Hall–Kier alpha value is -1.29. The fourth-order valence-corrected chi connectivity index (χ4v) is 6.24. The zero-order valence-electron chi connectivity index (χ0n) is 30.6. The van der Waals surface area contributed by atoms with Crippen LogP contribution in [0.3, 0.4) is 0 Å². The summed E-state index contributed by atoms with van der Waals surface area (Å²) in [6.07, 6.45) is -24.0. The van der Waals surface area contributed by atoms with E-state index in [0.29, 0.717) is 13.1 Å². The maximum atomic E-state index is 11.8. The molecule has 0 radical (unpaired) electrons. The van der Waals surface area contributed by atoms with Crippen molar-refractivity contribution in [2.24, 2.45) is 5.73 Å². The van der Waals surface area contributed by atoms with E-state index in [0.717, 1.165) is 0 Å². The molecule has 3 rings (SSSR count). The molecule has 3 fully saturated rings. The van der Waals surface area contributed by atoms with E-state index in [1.54, 1.807) is 27.7 Å². The molecule has 0 spiro atoms. The minimum Gasteiger partial charge on any atom is -0.394 e. The summed E-state index contributed by atoms with van der Waals surface area (Å²) in [6.45, 7) is 5.83. The summed E-state index contributed by atoms with van der Waals surface area (Å²) in [4.78, 5) is 11.8. The maximum Gasteiger partial charge on any atom is 0.234 e. The zero-order chi connectivity index (χ0) is 39.5. The van der Waals surface area contributed by atoms with Crippen LogP contribution in [0.4, 0.5) is 0 Å². The topological polar surface area (TPSA) is 323 Å². The van der Waals surface area contributed by atoms with Gasteiger partial charge in [0.25, 0.3) is 0 Å². The number of carbonyl (C=O) groups excluding carboxylic acids is 1. The SMILES string of the molecule is CC(C)OC1C(O)[C@H](OC2C(O)[C@@H](O)C(CO)O[C@@H]2OC2C(O)[C@H](O)C(CO)O[C@@H]2C(C)(C)OCCOCCNC(=O)CNCCN)OC(CO)[C@@H]1O. The van der Waals surface area contributed by atoms with Crippen molar-refractivity contribution in [1.82, 2.24) is 10.6 Å². The fraction of sp³-hybridized carbons (Fsp3) is 0.969. The first kappa shape index (κ1) is 46.1. The molecule has 0 aliphatic carbocycles. The summed E-state index contributed by atoms with van der Waals surface area (Å²) < 4.78 is 46.7. The number of carbonyl (C=O) groups is 1. The molecule has 312 valence electrons. The number of hydrogen-bond donors (Lipinski definition) is 12. The van der Waals surface area contributed by atoms with E-state index in [2.05, 4.69) is 10.6 Å². The smallest absolute Gasteiger partial charge is 0.234 e. The van der Waals surface area contributed by atoms with Gasteiger partial charge in [-0.25, -0.2) is 0 Å². The van der Waals surface area contributed by atoms with Crippen molar-refractivity contribution in [3.05, 3.63) is 0 Å². The fourth-order valence-electron chi connectivity index (χ4n) is 6.24. The van der Waals surface area contributed by atoms with Crippen molar-refractivity contribution in [2.75, 3.05) is 65.8 Å². The first-order valence-corrected chi connectivity index (χ1v) is 17.8. The third-order valence-corrected chi connectivity index (χ3v) is 9.09. The normalized spacial score (nSPS) is 38.3. The van der Waals surface area contributed by atoms with Crippen LogP contribution in [0.1, 0.15) is 27.7 Å². The molecule has 9 unspecified atom stereocenters. The number of ether oxygens (including phenoxy) is 8. The lowest BCUT2D eigenvalue weighted by atomic mass is 9.86. The highest BCUT2D eigenvalue weighted by molar-refractivity contribution is 5.77. The molecule has 3 heterocycles. The van der Waals surface area contributed by atoms with Crippen LogP contribution in [0.15, 0.2) is 0 Å². The number of rotatable bonds is 21. The molecule has 0 aromatic rings. The highest BCUT2D eigenvalue weighted by atomic mass is 16.8. The molecule has 15 atom stereocenters. The molecular formula is C32H61N3O18. The predicted octanol–water partition coefficient (Wildman–Crippen LogP) is -6.61. The molecule has 1 amide bonds. The van der Waals surface area contributed by atoms with Gasteiger partial charge in [0.15, 0.2) is 12.6 Å². The van der Waals surface area contributed by atoms with Crippen LogP contribution < -0.4 is 16.4 Å². The number of hydrogen-bond acceptors (Lipinski definition) is 20. The first-order valence-electron chi connectivity index (χ1n) is 17.8. The number of amides is 1. The second kappa shape index (κ2) is 21.9. The van der Waals surface area contributed by atoms with E-state index in [9.17, 15) is 50.8 Å². The van der Waals surface area contributed by atoms with Crippen molar-refractivity contribution in [3.63, 3.8) is 0 Å². The second-order valence-corrected chi connectivity index (χ2v) is 13.9. The molecule has 0 bridgehead atoms. The zero-order valence-corrected chi connectivity index (χ0v) is 30.6. The van der Waals surface area contributed by atoms with Gasteiger partial charge in [-0.2, -0.15) is 0 Å². The molecule has 53 heavy (non-hydrogen) atoms. The summed E-state index contributed by atoms with van der Waals surface area (Å²) in [7, 11) is 0. The first-order chi connectivity index (χ1) is 25.1. The monoisotopic (exact) mass is 775 g/mol. The number of nitrogens with two attached hydrogens (primary N) is 1. The Morgan fingerprint density at radius 2 is 1.28 bits per heavy atom. The maximum absolute atomic E-state index is 11.8. The molecule has 3 saturated heterocycles. The summed E-state index contributed by atoms with van der Waals surface area (Å²) >= 11 is 0. The van der Waals surface area contributed by atoms with Crippen molar-refractivity contribution >= 4 is 5.91 Å². The van der Waals surface area contributed by atoms with Gasteiger partial charge in [-0.05, 0) is 27.7 Å². The Balaban J connectivity index is 1.77. The lowest BCUT2D eigenvalue weighted by Gasteiger charge is -2.51. The second-order valence-electron chi connectivity index (χ2n) is 13.9. The Kier molecular flexibility index (Phi) is 19.0. The minimum atomic E-state index is -1.87. The van der Waals surface area contributed by atoms with Crippen molar-refractivity contribution in [3.8, 4) is 0 Å². The number of aliphatic hydroxyl groups excluding tert-OH is 9. The number of nitrogens with one attached hydrogen (secondary N) is 2. The van der Waals surface area contributed by atoms with Gasteiger partial charge in [0.05, 0.1) is 57.9 Å². The van der Waals surface area contributed by atoms with Crippen LogP contribution in [0.5, 0.6) is 0 Å². The van der Waals surface area contributed by atoms with Gasteiger partial charge in [0.2, 0.25) is 5.91 Å². The molecule has 0 saturated carbocycles. The van der Waals surface area contributed by atoms with Crippen molar-refractivity contribution < 1.29 is 88.6 Å². The molecular weight excluding hydrogens is 714 g/mol. The Morgan fingerprint density at radius 3 is 1.89 bits per heavy atom. The van der Waals surface area contributed by atoms with Crippen molar-refractivity contribution in [2.45, 2.75) is 131 Å². The average molecular weight is 776 g/mol. The lowest BCUT2D eigenvalue weighted by molar-refractivity contribution is -0.388. The molecule has 0 aromatic carbocycles. The van der Waals surface area contributed by atoms with Crippen LogP contribution in [-0.2, 0) is 42.7 Å². The quantitative estimate of drug-likeness (QED) is 0.0482. The molecule has 13 N–H and O–H groups in total. The summed E-state index contributed by atoms with van der Waals surface area (Å²) in [6, 6.07) is 0. The van der Waals surface area contributed by atoms with E-state index in [-0.39, 0.29) is 38.8 Å². The summed E-state index contributed by atoms with van der Waals surface area (Å²) in [5.74, 6) is -0.221. The van der Waals surface area contributed by atoms with Gasteiger partial charge in [-0.1, -0.05) is 0 Å². The molecule has 21 heteroatoms. The highest BCUT2D eigenvalue weighted by Crippen LogP contribution is 2.36. The third-order valence-electron chi connectivity index (χ3n) is 9.09. The highest BCUT2D eigenvalue weighted by Gasteiger charge is 2.56. The van der Waals surface area contributed by atoms with Gasteiger partial charge in [0.1, 0.15) is 79.4 Å². The average Bonchev–Trinajstić information content (AvgIpc) is 3.11. The van der Waals surface area contributed by atoms with Crippen LogP contribution in [0.2, 0.25) is 0 Å². The van der Waals surface area contributed by atoms with Gasteiger partial charge in [-0.3, -0.25) is 4.79 Å². The van der Waals surface area contributed by atoms with Gasteiger partial charge < -0.3 is 100 Å². The lowest BCUT2D eigenvalue weighted by Crippen LogP contribution is -2.69. The molecule has 3 aliphatic rings. The minimum absolute atomic E-state index is 0.00836. The van der Waals surface area contributed by atoms with Crippen molar-refractivity contribution in [1.29, 1.82) is 0 Å². The van der Waals surface area contributed by atoms with E-state index in [4.69, 9.17) is 43.6 Å². The summed E-state index contributed by atoms with van der Waals surface area (Å²) in [5, 5.41) is 101. The Labute approximate surface area is 308 Å². The van der Waals surface area contributed by atoms with Crippen LogP contribution >= 0.6 is 0 Å². The van der Waals surface area contributed by atoms with E-state index >= 15 is 0 Å². The van der Waals surface area contributed by atoms with Crippen LogP contribution in [-0.4, -0.2) is 221 Å². The van der Waals surface area contributed by atoms with E-state index in [1.807, 2.05) is 0 Å². The standard InChI is InChI=1S/C32H61N3O18/c1-15(2)48-26-22(42)18(14-38)50-30(25(26)45)53-28-24(44)21(41)17(13-37)51-31(28)52-27-23(43)20(40)16(12-36)49-29(27)32(3,4)47-10-9-46-8-7-35-19(39)11-34-6-5-33/h15-18,20-31,34,36-38,40-45H,5-14,33H2,1-4H3,(H,35,39)/t16?,17?,18?,20-,21+,22+,23?,24?,25?,26?,27?,28?,29+,30+,31-/m1/s1. The Morgan fingerprint density at radius 1 is 0.717 bits per heavy atom. The molecule has 0 aromatic heterocycles. The number of aliphatic hydroxyl groups is 9. The van der Waals surface area contributed by atoms with Gasteiger partial charge in [-0.15, -0.1) is 0 Å². The van der Waals surface area contributed by atoms with Crippen LogP contribution in [0, 0.1) is 0 Å². The third kappa shape index (κ3) is 12.3.